The molecule has 0 aliphatic carbocycles. The molecule has 0 radical (unpaired) electrons. The van der Waals surface area contributed by atoms with Gasteiger partial charge >= 0.3 is 0 Å². The number of carbonyl (C=O) groups is 1. The highest BCUT2D eigenvalue weighted by Gasteiger charge is 1.97. The van der Waals surface area contributed by atoms with Gasteiger partial charge in [0.25, 0.3) is 5.91 Å². The predicted molar refractivity (Wildman–Crippen MR) is 39.8 cm³/mol. The van der Waals surface area contributed by atoms with Gasteiger partial charge in [0.05, 0.1) is 0 Å². The molecule has 10 heavy (non-hydrogen) atoms. The molecule has 0 unspecified atom stereocenters. The molecule has 0 aliphatic rings. The Morgan fingerprint density at radius 1 is 1.40 bits per heavy atom. The van der Waals surface area contributed by atoms with E-state index in [4.69, 9.17) is 0 Å². The van der Waals surface area contributed by atoms with Crippen LogP contribution in [0.1, 0.15) is 39.0 Å². The maximum atomic E-state index is 10.6. The molecule has 0 heterocycles. The number of hydrogen-bond donors (Lipinski definition) is 2. The molecule has 3 nitrogen and oxygen atoms in total. The van der Waals surface area contributed by atoms with E-state index in [2.05, 4.69) is 18.2 Å². The van der Waals surface area contributed by atoms with Crippen molar-refractivity contribution in [1.29, 1.82) is 0 Å². The Bertz CT molecular complexity index is 93.6. The van der Waals surface area contributed by atoms with E-state index in [1.54, 1.807) is 0 Å². The van der Waals surface area contributed by atoms with Crippen LogP contribution < -0.4 is 11.3 Å². The highest BCUT2D eigenvalue weighted by Crippen LogP contribution is 2.01. The van der Waals surface area contributed by atoms with Crippen molar-refractivity contribution in [1.82, 2.24) is 5.43 Å². The first-order chi connectivity index (χ1) is 4.81. The predicted octanol–water partition coefficient (Wildman–Crippen LogP) is 0.230. The van der Waals surface area contributed by atoms with Crippen LogP contribution in [0.15, 0.2) is 0 Å². The standard InChI is InChI=1S/C7H16N2O/c1-2-3-4-5-6-7(10)9-8/h2-6,8H2,1H3,(H,9,10)/p+1. The van der Waals surface area contributed by atoms with Crippen LogP contribution in [0.25, 0.3) is 0 Å². The first-order valence-electron chi connectivity index (χ1n) is 3.87. The number of hydrogen-bond acceptors (Lipinski definition) is 1. The third-order valence-corrected chi connectivity index (χ3v) is 1.45. The summed E-state index contributed by atoms with van der Waals surface area (Å²) in [6.07, 6.45) is 5.22. The number of amides is 1. The fourth-order valence-corrected chi connectivity index (χ4v) is 0.801. The Morgan fingerprint density at radius 3 is 2.60 bits per heavy atom. The van der Waals surface area contributed by atoms with Gasteiger partial charge in [0, 0.05) is 6.42 Å². The highest BCUT2D eigenvalue weighted by atomic mass is 16.2. The van der Waals surface area contributed by atoms with Gasteiger partial charge in [-0.25, -0.2) is 5.43 Å². The summed E-state index contributed by atoms with van der Waals surface area (Å²) in [5, 5.41) is 0. The van der Waals surface area contributed by atoms with Gasteiger partial charge in [0.1, 0.15) is 0 Å². The summed E-state index contributed by atoms with van der Waals surface area (Å²) in [6.45, 7) is 2.15. The van der Waals surface area contributed by atoms with Crippen molar-refractivity contribution in [2.45, 2.75) is 39.0 Å². The Balaban J connectivity index is 2.96. The molecular formula is C7H17N2O+. The number of rotatable bonds is 5. The van der Waals surface area contributed by atoms with Crippen molar-refractivity contribution >= 4 is 5.91 Å². The van der Waals surface area contributed by atoms with Gasteiger partial charge in [-0.2, -0.15) is 0 Å². The van der Waals surface area contributed by atoms with Crippen LogP contribution in [0, 0.1) is 0 Å². The average Bonchev–Trinajstić information content (AvgIpc) is 1.98. The molecule has 1 amide bonds. The Morgan fingerprint density at radius 2 is 2.10 bits per heavy atom. The molecule has 0 aromatic rings. The molecule has 0 aliphatic heterocycles. The van der Waals surface area contributed by atoms with Crippen LogP contribution >= 0.6 is 0 Å². The monoisotopic (exact) mass is 145 g/mol. The van der Waals surface area contributed by atoms with E-state index in [0.29, 0.717) is 6.42 Å². The summed E-state index contributed by atoms with van der Waals surface area (Å²) < 4.78 is 0. The van der Waals surface area contributed by atoms with Crippen molar-refractivity contribution in [2.75, 3.05) is 0 Å². The molecule has 0 aromatic heterocycles. The third-order valence-electron chi connectivity index (χ3n) is 1.45. The third kappa shape index (κ3) is 5.56. The van der Waals surface area contributed by atoms with Crippen molar-refractivity contribution in [3.63, 3.8) is 0 Å². The zero-order valence-electron chi connectivity index (χ0n) is 6.65. The minimum atomic E-state index is 0.0519. The smallest absolute Gasteiger partial charge is 0.264 e. The molecule has 0 fully saturated rings. The highest BCUT2D eigenvalue weighted by molar-refractivity contribution is 5.74. The van der Waals surface area contributed by atoms with E-state index in [0.717, 1.165) is 12.8 Å². The Hall–Kier alpha value is -0.570. The molecule has 0 atom stereocenters. The average molecular weight is 145 g/mol. The van der Waals surface area contributed by atoms with E-state index >= 15 is 0 Å². The van der Waals surface area contributed by atoms with Crippen LogP contribution in [-0.2, 0) is 4.79 Å². The molecule has 0 spiro atoms. The minimum absolute atomic E-state index is 0.0519. The maximum Gasteiger partial charge on any atom is 0.264 e. The fraction of sp³-hybridized carbons (Fsp3) is 0.857. The lowest BCUT2D eigenvalue weighted by atomic mass is 10.1. The summed E-state index contributed by atoms with van der Waals surface area (Å²) in [4.78, 5) is 10.6. The second-order valence-corrected chi connectivity index (χ2v) is 2.41. The summed E-state index contributed by atoms with van der Waals surface area (Å²) in [5.74, 6) is 3.34. The molecule has 0 aromatic carbocycles. The summed E-state index contributed by atoms with van der Waals surface area (Å²) in [7, 11) is 0. The van der Waals surface area contributed by atoms with Gasteiger partial charge < -0.3 is 0 Å². The van der Waals surface area contributed by atoms with E-state index in [1.165, 1.54) is 12.8 Å². The Kier molecular flexibility index (Phi) is 6.18. The van der Waals surface area contributed by atoms with Gasteiger partial charge in [-0.15, -0.1) is 0 Å². The van der Waals surface area contributed by atoms with Crippen molar-refractivity contribution in [3.8, 4) is 0 Å². The molecule has 0 bridgehead atoms. The fourth-order valence-electron chi connectivity index (χ4n) is 0.801. The molecular weight excluding hydrogens is 128 g/mol. The van der Waals surface area contributed by atoms with Crippen LogP contribution in [0.4, 0.5) is 0 Å². The van der Waals surface area contributed by atoms with Crippen LogP contribution in [0.3, 0.4) is 0 Å². The lowest BCUT2D eigenvalue weighted by Crippen LogP contribution is -2.67. The maximum absolute atomic E-state index is 10.6. The summed E-state index contributed by atoms with van der Waals surface area (Å²) in [6, 6.07) is 0. The van der Waals surface area contributed by atoms with Gasteiger partial charge in [0.2, 0.25) is 0 Å². The molecule has 0 saturated heterocycles. The number of quaternary nitrogens is 1. The molecule has 0 saturated carbocycles. The Labute approximate surface area is 62.0 Å². The van der Waals surface area contributed by atoms with Crippen molar-refractivity contribution in [3.05, 3.63) is 0 Å². The lowest BCUT2D eigenvalue weighted by molar-refractivity contribution is -0.427. The van der Waals surface area contributed by atoms with Gasteiger partial charge in [-0.05, 0) is 6.42 Å². The first kappa shape index (κ1) is 9.43. The number of unbranched alkanes of at least 4 members (excludes halogenated alkanes) is 3. The van der Waals surface area contributed by atoms with Gasteiger partial charge in [0.15, 0.2) is 0 Å². The normalized spacial score (nSPS) is 9.40. The van der Waals surface area contributed by atoms with Gasteiger partial charge in [-0.1, -0.05) is 26.2 Å². The van der Waals surface area contributed by atoms with Gasteiger partial charge in [-0.3, -0.25) is 10.6 Å². The quantitative estimate of drug-likeness (QED) is 0.422. The molecule has 3 heteroatoms. The number of carbonyl (C=O) groups excluding carboxylic acids is 1. The zero-order chi connectivity index (χ0) is 7.82. The first-order valence-corrected chi connectivity index (χ1v) is 3.87. The zero-order valence-corrected chi connectivity index (χ0v) is 6.65. The lowest BCUT2D eigenvalue weighted by Gasteiger charge is -1.95. The summed E-state index contributed by atoms with van der Waals surface area (Å²) in [5.41, 5.74) is 2.35. The van der Waals surface area contributed by atoms with Crippen LogP contribution in [0.5, 0.6) is 0 Å². The topological polar surface area (TPSA) is 56.7 Å². The second kappa shape index (κ2) is 6.55. The second-order valence-electron chi connectivity index (χ2n) is 2.41. The van der Waals surface area contributed by atoms with Crippen molar-refractivity contribution in [2.24, 2.45) is 0 Å². The minimum Gasteiger partial charge on any atom is -0.270 e. The van der Waals surface area contributed by atoms with Crippen LogP contribution in [-0.4, -0.2) is 5.91 Å². The van der Waals surface area contributed by atoms with E-state index in [-0.39, 0.29) is 5.91 Å². The van der Waals surface area contributed by atoms with E-state index < -0.39 is 0 Å². The molecule has 4 N–H and O–H groups in total. The number of nitrogens with one attached hydrogen (secondary N) is 1. The van der Waals surface area contributed by atoms with Crippen LogP contribution in [0.2, 0.25) is 0 Å². The summed E-state index contributed by atoms with van der Waals surface area (Å²) >= 11 is 0. The van der Waals surface area contributed by atoms with E-state index in [9.17, 15) is 4.79 Å². The van der Waals surface area contributed by atoms with Crippen molar-refractivity contribution < 1.29 is 10.6 Å². The molecule has 60 valence electrons. The van der Waals surface area contributed by atoms with E-state index in [1.807, 2.05) is 0 Å². The SMILES string of the molecule is CCCCCCC(=O)N[NH3+]. The largest absolute Gasteiger partial charge is 0.270 e. The molecule has 0 rings (SSSR count).